The summed E-state index contributed by atoms with van der Waals surface area (Å²) in [6.07, 6.45) is 2.82. The molecule has 0 N–H and O–H groups in total. The molecule has 1 aliphatic rings. The average Bonchev–Trinajstić information content (AvgIpc) is 3.08. The van der Waals surface area contributed by atoms with Gasteiger partial charge in [0.05, 0.1) is 12.7 Å². The lowest BCUT2D eigenvalue weighted by Crippen LogP contribution is -2.13. The first-order valence-corrected chi connectivity index (χ1v) is 6.60. The largest absolute Gasteiger partial charge is 0.373 e. The van der Waals surface area contributed by atoms with Crippen molar-refractivity contribution >= 4 is 15.9 Å². The first kappa shape index (κ1) is 11.2. The summed E-state index contributed by atoms with van der Waals surface area (Å²) in [4.78, 5) is 0. The van der Waals surface area contributed by atoms with E-state index in [9.17, 15) is 0 Å². The first-order chi connectivity index (χ1) is 7.26. The molecule has 1 fully saturated rings. The van der Waals surface area contributed by atoms with Crippen LogP contribution in [-0.2, 0) is 4.74 Å². The predicted molar refractivity (Wildman–Crippen MR) is 66.3 cm³/mol. The van der Waals surface area contributed by atoms with Crippen LogP contribution in [0, 0.1) is 5.41 Å². The van der Waals surface area contributed by atoms with E-state index in [4.69, 9.17) is 4.74 Å². The first-order valence-electron chi connectivity index (χ1n) is 5.48. The minimum absolute atomic E-state index is 0.211. The molecule has 82 valence electrons. The fraction of sp³-hybridized carbons (Fsp3) is 0.538. The number of rotatable bonds is 5. The highest BCUT2D eigenvalue weighted by Crippen LogP contribution is 2.47. The van der Waals surface area contributed by atoms with Gasteiger partial charge in [-0.15, -0.1) is 0 Å². The lowest BCUT2D eigenvalue weighted by molar-refractivity contribution is 0.0380. The number of halogens is 1. The minimum atomic E-state index is 0.211. The molecule has 1 saturated carbocycles. The van der Waals surface area contributed by atoms with Crippen molar-refractivity contribution < 1.29 is 4.74 Å². The topological polar surface area (TPSA) is 9.23 Å². The van der Waals surface area contributed by atoms with Crippen molar-refractivity contribution in [3.05, 3.63) is 35.9 Å². The number of hydrogen-bond donors (Lipinski definition) is 0. The Balaban J connectivity index is 1.85. The third-order valence-corrected chi connectivity index (χ3v) is 4.34. The summed E-state index contributed by atoms with van der Waals surface area (Å²) < 4.78 is 5.92. The van der Waals surface area contributed by atoms with E-state index in [1.807, 2.05) is 6.07 Å². The average molecular weight is 269 g/mol. The standard InChI is InChI=1S/C13H17BrO/c1-11(12-5-3-2-4-6-12)15-10-13(9-14)7-8-13/h2-6,11H,7-10H2,1H3. The van der Waals surface area contributed by atoms with Crippen molar-refractivity contribution in [2.75, 3.05) is 11.9 Å². The van der Waals surface area contributed by atoms with Gasteiger partial charge in [-0.05, 0) is 25.3 Å². The van der Waals surface area contributed by atoms with Crippen molar-refractivity contribution in [3.8, 4) is 0 Å². The molecular weight excluding hydrogens is 252 g/mol. The van der Waals surface area contributed by atoms with E-state index in [2.05, 4.69) is 47.1 Å². The van der Waals surface area contributed by atoms with Gasteiger partial charge in [-0.25, -0.2) is 0 Å². The van der Waals surface area contributed by atoms with Gasteiger partial charge in [-0.2, -0.15) is 0 Å². The smallest absolute Gasteiger partial charge is 0.0797 e. The second kappa shape index (κ2) is 4.67. The molecule has 0 aliphatic heterocycles. The molecule has 1 unspecified atom stereocenters. The van der Waals surface area contributed by atoms with Gasteiger partial charge >= 0.3 is 0 Å². The van der Waals surface area contributed by atoms with Crippen molar-refractivity contribution in [1.82, 2.24) is 0 Å². The second-order valence-corrected chi connectivity index (χ2v) is 5.06. The predicted octanol–water partition coefficient (Wildman–Crippen LogP) is 3.94. The Hall–Kier alpha value is -0.340. The number of ether oxygens (including phenoxy) is 1. The second-order valence-electron chi connectivity index (χ2n) is 4.50. The summed E-state index contributed by atoms with van der Waals surface area (Å²) in [5, 5.41) is 1.07. The summed E-state index contributed by atoms with van der Waals surface area (Å²) >= 11 is 3.56. The van der Waals surface area contributed by atoms with E-state index < -0.39 is 0 Å². The van der Waals surface area contributed by atoms with Crippen LogP contribution in [0.25, 0.3) is 0 Å². The minimum Gasteiger partial charge on any atom is -0.373 e. The van der Waals surface area contributed by atoms with E-state index in [0.29, 0.717) is 5.41 Å². The van der Waals surface area contributed by atoms with Crippen LogP contribution in [0.4, 0.5) is 0 Å². The summed E-state index contributed by atoms with van der Waals surface area (Å²) in [5.41, 5.74) is 1.71. The molecule has 0 heterocycles. The van der Waals surface area contributed by atoms with Crippen LogP contribution in [0.5, 0.6) is 0 Å². The molecule has 1 aliphatic carbocycles. The van der Waals surface area contributed by atoms with Gasteiger partial charge in [0.1, 0.15) is 0 Å². The Morgan fingerprint density at radius 1 is 1.33 bits per heavy atom. The number of alkyl halides is 1. The van der Waals surface area contributed by atoms with E-state index in [1.165, 1.54) is 18.4 Å². The SMILES string of the molecule is CC(OCC1(CBr)CC1)c1ccccc1. The van der Waals surface area contributed by atoms with Crippen LogP contribution < -0.4 is 0 Å². The molecule has 1 nitrogen and oxygen atoms in total. The molecule has 2 heteroatoms. The highest BCUT2D eigenvalue weighted by Gasteiger charge is 2.42. The zero-order chi connectivity index (χ0) is 10.7. The Labute approximate surface area is 100.0 Å². The van der Waals surface area contributed by atoms with Gasteiger partial charge in [0, 0.05) is 10.7 Å². The Morgan fingerprint density at radius 2 is 2.00 bits per heavy atom. The molecule has 0 aromatic heterocycles. The molecule has 15 heavy (non-hydrogen) atoms. The third-order valence-electron chi connectivity index (χ3n) is 3.15. The molecule has 0 radical (unpaired) electrons. The summed E-state index contributed by atoms with van der Waals surface area (Å²) in [7, 11) is 0. The molecule has 2 rings (SSSR count). The highest BCUT2D eigenvalue weighted by molar-refractivity contribution is 9.09. The quantitative estimate of drug-likeness (QED) is 0.736. The van der Waals surface area contributed by atoms with E-state index in [0.717, 1.165) is 11.9 Å². The summed E-state index contributed by atoms with van der Waals surface area (Å²) in [5.74, 6) is 0. The van der Waals surface area contributed by atoms with Gasteiger partial charge in [0.25, 0.3) is 0 Å². The lowest BCUT2D eigenvalue weighted by atomic mass is 10.1. The molecule has 1 aromatic rings. The molecule has 0 spiro atoms. The van der Waals surface area contributed by atoms with Crippen LogP contribution in [0.1, 0.15) is 31.4 Å². The lowest BCUT2D eigenvalue weighted by Gasteiger charge is -2.17. The Bertz CT molecular complexity index is 306. The van der Waals surface area contributed by atoms with E-state index in [-0.39, 0.29) is 6.10 Å². The number of benzene rings is 1. The van der Waals surface area contributed by atoms with Crippen molar-refractivity contribution in [1.29, 1.82) is 0 Å². The Kier molecular flexibility index (Phi) is 3.47. The maximum atomic E-state index is 5.92. The van der Waals surface area contributed by atoms with Crippen molar-refractivity contribution in [2.24, 2.45) is 5.41 Å². The van der Waals surface area contributed by atoms with Gasteiger partial charge in [-0.3, -0.25) is 0 Å². The van der Waals surface area contributed by atoms with Crippen LogP contribution in [0.15, 0.2) is 30.3 Å². The van der Waals surface area contributed by atoms with Crippen LogP contribution in [0.3, 0.4) is 0 Å². The molecule has 0 amide bonds. The maximum absolute atomic E-state index is 5.92. The van der Waals surface area contributed by atoms with Crippen LogP contribution in [-0.4, -0.2) is 11.9 Å². The molecule has 0 bridgehead atoms. The fourth-order valence-electron chi connectivity index (χ4n) is 1.62. The fourth-order valence-corrected chi connectivity index (χ4v) is 2.34. The van der Waals surface area contributed by atoms with Gasteiger partial charge < -0.3 is 4.74 Å². The van der Waals surface area contributed by atoms with Crippen molar-refractivity contribution in [2.45, 2.75) is 25.9 Å². The van der Waals surface area contributed by atoms with E-state index >= 15 is 0 Å². The highest BCUT2D eigenvalue weighted by atomic mass is 79.9. The van der Waals surface area contributed by atoms with Crippen LogP contribution >= 0.6 is 15.9 Å². The normalized spacial score (nSPS) is 19.9. The summed E-state index contributed by atoms with van der Waals surface area (Å²) in [6, 6.07) is 10.4. The van der Waals surface area contributed by atoms with E-state index in [1.54, 1.807) is 0 Å². The zero-order valence-electron chi connectivity index (χ0n) is 9.08. The van der Waals surface area contributed by atoms with Gasteiger partial charge in [0.2, 0.25) is 0 Å². The van der Waals surface area contributed by atoms with Gasteiger partial charge in [0.15, 0.2) is 0 Å². The van der Waals surface area contributed by atoms with Crippen molar-refractivity contribution in [3.63, 3.8) is 0 Å². The van der Waals surface area contributed by atoms with Gasteiger partial charge in [-0.1, -0.05) is 46.3 Å². The number of hydrogen-bond acceptors (Lipinski definition) is 1. The zero-order valence-corrected chi connectivity index (χ0v) is 10.7. The molecule has 0 saturated heterocycles. The Morgan fingerprint density at radius 3 is 2.53 bits per heavy atom. The third kappa shape index (κ3) is 2.82. The monoisotopic (exact) mass is 268 g/mol. The molecule has 1 aromatic carbocycles. The maximum Gasteiger partial charge on any atom is 0.0797 e. The molecule has 1 atom stereocenters. The summed E-state index contributed by atoms with van der Waals surface area (Å²) in [6.45, 7) is 3.01. The van der Waals surface area contributed by atoms with Crippen LogP contribution in [0.2, 0.25) is 0 Å². The molecular formula is C13H17BrO.